The van der Waals surface area contributed by atoms with Gasteiger partial charge in [-0.05, 0) is 30.7 Å². The second-order valence-corrected chi connectivity index (χ2v) is 4.63. The highest BCUT2D eigenvalue weighted by Crippen LogP contribution is 2.19. The molecule has 5 nitrogen and oxygen atoms in total. The summed E-state index contributed by atoms with van der Waals surface area (Å²) in [5, 5.41) is 0. The number of nitrogens with zero attached hydrogens (tertiary/aromatic N) is 1. The van der Waals surface area contributed by atoms with Gasteiger partial charge in [-0.15, -0.1) is 0 Å². The lowest BCUT2D eigenvalue weighted by Gasteiger charge is -2.30. The Morgan fingerprint density at radius 1 is 1.25 bits per heavy atom. The van der Waals surface area contributed by atoms with Crippen LogP contribution in [0.5, 0.6) is 11.5 Å². The minimum absolute atomic E-state index is 0.0339. The first-order chi connectivity index (χ1) is 9.74. The average Bonchev–Trinajstić information content (AvgIpc) is 2.53. The second kappa shape index (κ2) is 7.14. The molecule has 0 aliphatic carbocycles. The normalized spacial score (nSPS) is 16.6. The van der Waals surface area contributed by atoms with E-state index in [9.17, 15) is 4.79 Å². The summed E-state index contributed by atoms with van der Waals surface area (Å²) in [6.07, 6.45) is 0.198. The molecule has 20 heavy (non-hydrogen) atoms. The molecule has 0 bridgehead atoms. The Kier molecular flexibility index (Phi) is 5.24. The van der Waals surface area contributed by atoms with Gasteiger partial charge in [0.15, 0.2) is 6.10 Å². The largest absolute Gasteiger partial charge is 0.497 e. The van der Waals surface area contributed by atoms with Crippen LogP contribution < -0.4 is 9.47 Å². The molecule has 5 heteroatoms. The highest BCUT2D eigenvalue weighted by atomic mass is 16.5. The molecule has 0 radical (unpaired) electrons. The molecule has 1 saturated heterocycles. The smallest absolute Gasteiger partial charge is 0.263 e. The van der Waals surface area contributed by atoms with Crippen LogP contribution in [0.15, 0.2) is 24.3 Å². The fourth-order valence-corrected chi connectivity index (χ4v) is 2.11. The first-order valence-electron chi connectivity index (χ1n) is 6.92. The van der Waals surface area contributed by atoms with Gasteiger partial charge in [0.1, 0.15) is 11.5 Å². The zero-order valence-corrected chi connectivity index (χ0v) is 12.0. The lowest BCUT2D eigenvalue weighted by Crippen LogP contribution is -2.47. The third-order valence-corrected chi connectivity index (χ3v) is 3.31. The van der Waals surface area contributed by atoms with Crippen LogP contribution in [0.4, 0.5) is 0 Å². The van der Waals surface area contributed by atoms with Crippen molar-refractivity contribution in [3.05, 3.63) is 24.3 Å². The molecule has 2 rings (SSSR count). The van der Waals surface area contributed by atoms with Crippen molar-refractivity contribution in [1.29, 1.82) is 0 Å². The van der Waals surface area contributed by atoms with Crippen LogP contribution in [0.3, 0.4) is 0 Å². The van der Waals surface area contributed by atoms with Gasteiger partial charge in [0.05, 0.1) is 20.3 Å². The molecule has 1 amide bonds. The fourth-order valence-electron chi connectivity index (χ4n) is 2.11. The molecule has 1 fully saturated rings. The van der Waals surface area contributed by atoms with Crippen LogP contribution in [0.25, 0.3) is 0 Å². The molecule has 1 aliphatic rings. The predicted molar refractivity (Wildman–Crippen MR) is 75.1 cm³/mol. The maximum Gasteiger partial charge on any atom is 0.263 e. The van der Waals surface area contributed by atoms with E-state index < -0.39 is 6.10 Å². The second-order valence-electron chi connectivity index (χ2n) is 4.63. The van der Waals surface area contributed by atoms with E-state index in [1.807, 2.05) is 31.2 Å². The Labute approximate surface area is 119 Å². The number of amides is 1. The number of hydrogen-bond donors (Lipinski definition) is 0. The number of rotatable bonds is 5. The highest BCUT2D eigenvalue weighted by molar-refractivity contribution is 5.81. The van der Waals surface area contributed by atoms with Gasteiger partial charge in [0.2, 0.25) is 0 Å². The number of benzene rings is 1. The van der Waals surface area contributed by atoms with Crippen LogP contribution in [0, 0.1) is 0 Å². The lowest BCUT2D eigenvalue weighted by atomic mass is 10.2. The van der Waals surface area contributed by atoms with Crippen molar-refractivity contribution in [2.75, 3.05) is 33.4 Å². The molecular formula is C15H21NO4. The molecule has 1 atom stereocenters. The first kappa shape index (κ1) is 14.7. The van der Waals surface area contributed by atoms with E-state index >= 15 is 0 Å². The first-order valence-corrected chi connectivity index (χ1v) is 6.92. The van der Waals surface area contributed by atoms with Crippen LogP contribution in [-0.4, -0.2) is 50.3 Å². The molecule has 0 saturated carbocycles. The topological polar surface area (TPSA) is 48.0 Å². The van der Waals surface area contributed by atoms with Crippen molar-refractivity contribution in [3.8, 4) is 11.5 Å². The molecule has 1 aromatic rings. The van der Waals surface area contributed by atoms with Crippen molar-refractivity contribution in [2.24, 2.45) is 0 Å². The number of carbonyl (C=O) groups is 1. The van der Waals surface area contributed by atoms with Crippen molar-refractivity contribution in [2.45, 2.75) is 19.4 Å². The number of hydrogen-bond acceptors (Lipinski definition) is 4. The van der Waals surface area contributed by atoms with E-state index in [2.05, 4.69) is 0 Å². The molecule has 110 valence electrons. The van der Waals surface area contributed by atoms with Crippen molar-refractivity contribution < 1.29 is 19.0 Å². The third kappa shape index (κ3) is 3.63. The summed E-state index contributed by atoms with van der Waals surface area (Å²) < 4.78 is 16.1. The number of ether oxygens (including phenoxy) is 3. The molecule has 0 N–H and O–H groups in total. The van der Waals surface area contributed by atoms with E-state index in [0.29, 0.717) is 38.5 Å². The minimum Gasteiger partial charge on any atom is -0.497 e. The van der Waals surface area contributed by atoms with E-state index in [1.54, 1.807) is 12.0 Å². The summed E-state index contributed by atoms with van der Waals surface area (Å²) >= 11 is 0. The summed E-state index contributed by atoms with van der Waals surface area (Å²) in [7, 11) is 1.62. The van der Waals surface area contributed by atoms with E-state index in [4.69, 9.17) is 14.2 Å². The molecule has 0 unspecified atom stereocenters. The van der Waals surface area contributed by atoms with Gasteiger partial charge in [-0.1, -0.05) is 6.92 Å². The third-order valence-electron chi connectivity index (χ3n) is 3.31. The SMILES string of the molecule is CC[C@@H](Oc1ccc(OC)cc1)C(=O)N1CCOCC1. The Morgan fingerprint density at radius 3 is 2.40 bits per heavy atom. The Morgan fingerprint density at radius 2 is 1.85 bits per heavy atom. The van der Waals surface area contributed by atoms with Crippen molar-refractivity contribution in [3.63, 3.8) is 0 Å². The minimum atomic E-state index is -0.443. The average molecular weight is 279 g/mol. The zero-order valence-electron chi connectivity index (χ0n) is 12.0. The van der Waals surface area contributed by atoms with Crippen LogP contribution in [0.1, 0.15) is 13.3 Å². The Balaban J connectivity index is 1.97. The maximum atomic E-state index is 12.4. The molecule has 0 spiro atoms. The van der Waals surface area contributed by atoms with Gasteiger partial charge in [-0.25, -0.2) is 0 Å². The molecule has 0 aromatic heterocycles. The quantitative estimate of drug-likeness (QED) is 0.823. The van der Waals surface area contributed by atoms with E-state index in [0.717, 1.165) is 5.75 Å². The van der Waals surface area contributed by atoms with Crippen molar-refractivity contribution in [1.82, 2.24) is 4.90 Å². The summed E-state index contributed by atoms with van der Waals surface area (Å²) in [6.45, 7) is 4.44. The summed E-state index contributed by atoms with van der Waals surface area (Å²) in [5.74, 6) is 1.48. The summed E-state index contributed by atoms with van der Waals surface area (Å²) in [6, 6.07) is 7.27. The Hall–Kier alpha value is -1.75. The van der Waals surface area contributed by atoms with E-state index in [1.165, 1.54) is 0 Å². The molecule has 1 aromatic carbocycles. The number of carbonyl (C=O) groups excluding carboxylic acids is 1. The van der Waals surface area contributed by atoms with Gasteiger partial charge in [-0.3, -0.25) is 4.79 Å². The van der Waals surface area contributed by atoms with Gasteiger partial charge in [-0.2, -0.15) is 0 Å². The molecule has 1 aliphatic heterocycles. The lowest BCUT2D eigenvalue weighted by molar-refractivity contribution is -0.142. The highest BCUT2D eigenvalue weighted by Gasteiger charge is 2.25. The monoisotopic (exact) mass is 279 g/mol. The van der Waals surface area contributed by atoms with Crippen LogP contribution in [-0.2, 0) is 9.53 Å². The van der Waals surface area contributed by atoms with Crippen LogP contribution >= 0.6 is 0 Å². The summed E-state index contributed by atoms with van der Waals surface area (Å²) in [4.78, 5) is 14.2. The van der Waals surface area contributed by atoms with Gasteiger partial charge >= 0.3 is 0 Å². The standard InChI is InChI=1S/C15H21NO4/c1-3-14(15(17)16-8-10-19-11-9-16)20-13-6-4-12(18-2)5-7-13/h4-7,14H,3,8-11H2,1-2H3/t14-/m1/s1. The predicted octanol–water partition coefficient (Wildman–Crippen LogP) is 1.71. The zero-order chi connectivity index (χ0) is 14.4. The fraction of sp³-hybridized carbons (Fsp3) is 0.533. The van der Waals surface area contributed by atoms with Gasteiger partial charge in [0.25, 0.3) is 5.91 Å². The van der Waals surface area contributed by atoms with Gasteiger partial charge in [0, 0.05) is 13.1 Å². The van der Waals surface area contributed by atoms with Gasteiger partial charge < -0.3 is 19.1 Å². The van der Waals surface area contributed by atoms with E-state index in [-0.39, 0.29) is 5.91 Å². The number of methoxy groups -OCH3 is 1. The number of morpholine rings is 1. The molecule has 1 heterocycles. The summed E-state index contributed by atoms with van der Waals surface area (Å²) in [5.41, 5.74) is 0. The molecular weight excluding hydrogens is 258 g/mol. The van der Waals surface area contributed by atoms with Crippen LogP contribution in [0.2, 0.25) is 0 Å². The van der Waals surface area contributed by atoms with Crippen molar-refractivity contribution >= 4 is 5.91 Å². The Bertz CT molecular complexity index is 426. The maximum absolute atomic E-state index is 12.4.